The third kappa shape index (κ3) is 2.03. The van der Waals surface area contributed by atoms with Crippen molar-refractivity contribution in [1.82, 2.24) is 0 Å². The van der Waals surface area contributed by atoms with Crippen molar-refractivity contribution in [1.29, 1.82) is 0 Å². The van der Waals surface area contributed by atoms with E-state index in [2.05, 4.69) is 5.16 Å². The van der Waals surface area contributed by atoms with Crippen molar-refractivity contribution in [3.63, 3.8) is 0 Å². The van der Waals surface area contributed by atoms with Crippen LogP contribution in [0.5, 0.6) is 5.75 Å². The summed E-state index contributed by atoms with van der Waals surface area (Å²) in [6.07, 6.45) is 0. The van der Waals surface area contributed by atoms with E-state index in [1.165, 1.54) is 13.2 Å². The summed E-state index contributed by atoms with van der Waals surface area (Å²) in [6, 6.07) is 6.54. The van der Waals surface area contributed by atoms with Crippen molar-refractivity contribution in [2.75, 3.05) is 7.11 Å². The molecule has 0 fully saturated rings. The number of methoxy groups -OCH3 is 1. The third-order valence-electron chi connectivity index (χ3n) is 1.63. The molecule has 14 heavy (non-hydrogen) atoms. The number of rotatable bonds is 3. The van der Waals surface area contributed by atoms with E-state index in [-0.39, 0.29) is 5.56 Å². The smallest absolute Gasteiger partial charge is 0.230 e. The standard InChI is InChI=1S/C9H8ClNO3/c1-14-7-5-3-2-4-6(7)8(12)9(10)11-13/h2-5,13H,1H3. The molecule has 0 aliphatic rings. The second kappa shape index (κ2) is 4.62. The summed E-state index contributed by atoms with van der Waals surface area (Å²) in [7, 11) is 1.44. The van der Waals surface area contributed by atoms with Gasteiger partial charge in [0.15, 0.2) is 0 Å². The van der Waals surface area contributed by atoms with E-state index < -0.39 is 11.0 Å². The fourth-order valence-corrected chi connectivity index (χ4v) is 1.09. The molecule has 0 heterocycles. The molecule has 0 radical (unpaired) electrons. The maximum absolute atomic E-state index is 11.5. The van der Waals surface area contributed by atoms with Crippen LogP contribution in [0, 0.1) is 0 Å². The average molecular weight is 214 g/mol. The number of nitrogens with zero attached hydrogens (tertiary/aromatic N) is 1. The first-order valence-electron chi connectivity index (χ1n) is 3.76. The van der Waals surface area contributed by atoms with E-state index in [0.29, 0.717) is 5.75 Å². The summed E-state index contributed by atoms with van der Waals surface area (Å²) < 4.78 is 4.95. The molecule has 1 N–H and O–H groups in total. The number of halogens is 1. The minimum absolute atomic E-state index is 0.262. The molecule has 1 rings (SSSR count). The molecular weight excluding hydrogens is 206 g/mol. The Balaban J connectivity index is 3.12. The van der Waals surface area contributed by atoms with Crippen LogP contribution in [0.1, 0.15) is 10.4 Å². The molecule has 0 saturated carbocycles. The van der Waals surface area contributed by atoms with Crippen LogP contribution in [0.15, 0.2) is 29.4 Å². The third-order valence-corrected chi connectivity index (χ3v) is 1.87. The molecule has 0 amide bonds. The van der Waals surface area contributed by atoms with Crippen LogP contribution < -0.4 is 4.74 Å². The molecule has 0 aliphatic carbocycles. The van der Waals surface area contributed by atoms with Gasteiger partial charge in [0, 0.05) is 0 Å². The highest BCUT2D eigenvalue weighted by atomic mass is 35.5. The van der Waals surface area contributed by atoms with E-state index >= 15 is 0 Å². The monoisotopic (exact) mass is 213 g/mol. The molecule has 0 bridgehead atoms. The molecule has 4 nitrogen and oxygen atoms in total. The number of para-hydroxylation sites is 1. The van der Waals surface area contributed by atoms with E-state index in [9.17, 15) is 4.79 Å². The zero-order chi connectivity index (χ0) is 10.6. The van der Waals surface area contributed by atoms with E-state index in [1.807, 2.05) is 0 Å². The Bertz CT molecular complexity index is 376. The van der Waals surface area contributed by atoms with Crippen molar-refractivity contribution in [3.8, 4) is 5.75 Å². The number of oxime groups is 1. The van der Waals surface area contributed by atoms with Crippen LogP contribution >= 0.6 is 11.6 Å². The highest BCUT2D eigenvalue weighted by Crippen LogP contribution is 2.18. The summed E-state index contributed by atoms with van der Waals surface area (Å²) >= 11 is 5.37. The van der Waals surface area contributed by atoms with Gasteiger partial charge >= 0.3 is 0 Å². The van der Waals surface area contributed by atoms with Crippen LogP contribution in [0.4, 0.5) is 0 Å². The fourth-order valence-electron chi connectivity index (χ4n) is 0.989. The van der Waals surface area contributed by atoms with Gasteiger partial charge in [-0.3, -0.25) is 4.79 Å². The molecule has 1 aromatic rings. The summed E-state index contributed by atoms with van der Waals surface area (Å²) in [5.74, 6) is -0.189. The van der Waals surface area contributed by atoms with Crippen LogP contribution in [-0.2, 0) is 0 Å². The summed E-state index contributed by atoms with van der Waals surface area (Å²) in [5.41, 5.74) is 0.262. The predicted molar refractivity (Wildman–Crippen MR) is 52.4 cm³/mol. The van der Waals surface area contributed by atoms with Gasteiger partial charge in [0.2, 0.25) is 11.0 Å². The van der Waals surface area contributed by atoms with E-state index in [1.54, 1.807) is 18.2 Å². The van der Waals surface area contributed by atoms with Crippen LogP contribution in [-0.4, -0.2) is 23.3 Å². The predicted octanol–water partition coefficient (Wildman–Crippen LogP) is 1.90. The molecule has 0 saturated heterocycles. The molecule has 5 heteroatoms. The van der Waals surface area contributed by atoms with Crippen LogP contribution in [0.2, 0.25) is 0 Å². The fraction of sp³-hybridized carbons (Fsp3) is 0.111. The molecule has 0 aromatic heterocycles. The number of hydrogen-bond acceptors (Lipinski definition) is 4. The van der Waals surface area contributed by atoms with Gasteiger partial charge < -0.3 is 9.94 Å². The number of carbonyl (C=O) groups is 1. The zero-order valence-electron chi connectivity index (χ0n) is 7.40. The highest BCUT2D eigenvalue weighted by molar-refractivity contribution is 6.84. The summed E-state index contributed by atoms with van der Waals surface area (Å²) in [4.78, 5) is 11.5. The first kappa shape index (κ1) is 10.5. The Kier molecular flexibility index (Phi) is 3.48. The lowest BCUT2D eigenvalue weighted by Crippen LogP contribution is -2.09. The number of hydrogen-bond donors (Lipinski definition) is 1. The van der Waals surface area contributed by atoms with Crippen molar-refractivity contribution < 1.29 is 14.7 Å². The molecule has 0 spiro atoms. The minimum Gasteiger partial charge on any atom is -0.496 e. The Morgan fingerprint density at radius 2 is 2.14 bits per heavy atom. The van der Waals surface area contributed by atoms with Crippen molar-refractivity contribution >= 4 is 22.6 Å². The molecule has 0 unspecified atom stereocenters. The highest BCUT2D eigenvalue weighted by Gasteiger charge is 2.16. The molecular formula is C9H8ClNO3. The Morgan fingerprint density at radius 1 is 1.50 bits per heavy atom. The first-order valence-corrected chi connectivity index (χ1v) is 4.13. The van der Waals surface area contributed by atoms with E-state index in [4.69, 9.17) is 21.5 Å². The first-order chi connectivity index (χ1) is 6.70. The number of benzene rings is 1. The van der Waals surface area contributed by atoms with E-state index in [0.717, 1.165) is 0 Å². The van der Waals surface area contributed by atoms with Crippen LogP contribution in [0.25, 0.3) is 0 Å². The minimum atomic E-state index is -0.577. The van der Waals surface area contributed by atoms with Crippen molar-refractivity contribution in [2.24, 2.45) is 5.16 Å². The Hall–Kier alpha value is -1.55. The lowest BCUT2D eigenvalue weighted by atomic mass is 10.1. The van der Waals surface area contributed by atoms with Gasteiger partial charge in [-0.15, -0.1) is 0 Å². The summed E-state index contributed by atoms with van der Waals surface area (Å²) in [5, 5.41) is 10.5. The largest absolute Gasteiger partial charge is 0.496 e. The lowest BCUT2D eigenvalue weighted by molar-refractivity contribution is 0.106. The van der Waals surface area contributed by atoms with Gasteiger partial charge in [0.05, 0.1) is 12.7 Å². The quantitative estimate of drug-likeness (QED) is 0.361. The Morgan fingerprint density at radius 3 is 2.71 bits per heavy atom. The number of carbonyl (C=O) groups excluding carboxylic acids is 1. The van der Waals surface area contributed by atoms with Gasteiger partial charge in [0.25, 0.3) is 0 Å². The second-order valence-corrected chi connectivity index (χ2v) is 2.78. The van der Waals surface area contributed by atoms with Crippen LogP contribution in [0.3, 0.4) is 0 Å². The summed E-state index contributed by atoms with van der Waals surface area (Å²) in [6.45, 7) is 0. The zero-order valence-corrected chi connectivity index (χ0v) is 8.15. The number of ketones is 1. The molecule has 0 atom stereocenters. The second-order valence-electron chi connectivity index (χ2n) is 2.42. The normalized spacial score (nSPS) is 11.1. The van der Waals surface area contributed by atoms with Gasteiger partial charge in [-0.25, -0.2) is 0 Å². The topological polar surface area (TPSA) is 58.9 Å². The van der Waals surface area contributed by atoms with Gasteiger partial charge in [0.1, 0.15) is 5.75 Å². The number of ether oxygens (including phenoxy) is 1. The van der Waals surface area contributed by atoms with Crippen molar-refractivity contribution in [3.05, 3.63) is 29.8 Å². The molecule has 74 valence electrons. The maximum atomic E-state index is 11.5. The maximum Gasteiger partial charge on any atom is 0.230 e. The SMILES string of the molecule is COc1ccccc1C(=O)C(Cl)=NO. The van der Waals surface area contributed by atoms with Gasteiger partial charge in [-0.2, -0.15) is 0 Å². The Labute approximate surface area is 85.7 Å². The van der Waals surface area contributed by atoms with Gasteiger partial charge in [-0.1, -0.05) is 28.9 Å². The lowest BCUT2D eigenvalue weighted by Gasteiger charge is -2.04. The van der Waals surface area contributed by atoms with Gasteiger partial charge in [-0.05, 0) is 12.1 Å². The van der Waals surface area contributed by atoms with Crippen molar-refractivity contribution in [2.45, 2.75) is 0 Å². The number of Topliss-reactive ketones (excluding diaryl/α,β-unsaturated/α-hetero) is 1. The molecule has 1 aromatic carbocycles. The molecule has 0 aliphatic heterocycles. The average Bonchev–Trinajstić information content (AvgIpc) is 2.26.